The van der Waals surface area contributed by atoms with Crippen LogP contribution in [0.3, 0.4) is 0 Å². The quantitative estimate of drug-likeness (QED) is 0.788. The normalized spacial score (nSPS) is 42.1. The molecule has 1 saturated carbocycles. The zero-order valence-corrected chi connectivity index (χ0v) is 10.9. The van der Waals surface area contributed by atoms with Crippen LogP contribution < -0.4 is 5.73 Å². The second kappa shape index (κ2) is 5.13. The number of amides is 1. The van der Waals surface area contributed by atoms with Crippen LogP contribution in [-0.2, 0) is 4.79 Å². The minimum Gasteiger partial charge on any atom is -0.389 e. The van der Waals surface area contributed by atoms with Crippen LogP contribution in [0.5, 0.6) is 0 Å². The van der Waals surface area contributed by atoms with Gasteiger partial charge in [0.25, 0.3) is 0 Å². The van der Waals surface area contributed by atoms with Crippen molar-refractivity contribution in [1.82, 2.24) is 4.90 Å². The highest BCUT2D eigenvalue weighted by atomic mass is 19.1. The fraction of sp³-hybridized carbons (Fsp3) is 0.923. The molecule has 1 aliphatic carbocycles. The molecule has 2 aliphatic rings. The van der Waals surface area contributed by atoms with Crippen LogP contribution in [0.4, 0.5) is 4.39 Å². The van der Waals surface area contributed by atoms with E-state index in [1.807, 2.05) is 0 Å². The van der Waals surface area contributed by atoms with Gasteiger partial charge in [0.2, 0.25) is 5.91 Å². The summed E-state index contributed by atoms with van der Waals surface area (Å²) < 4.78 is 13.4. The predicted molar refractivity (Wildman–Crippen MR) is 66.7 cm³/mol. The summed E-state index contributed by atoms with van der Waals surface area (Å²) in [7, 11) is 0. The molecule has 2 fully saturated rings. The van der Waals surface area contributed by atoms with Gasteiger partial charge in [-0.3, -0.25) is 9.69 Å². The third-order valence-corrected chi connectivity index (χ3v) is 4.38. The van der Waals surface area contributed by atoms with E-state index in [-0.39, 0.29) is 13.0 Å². The molecule has 3 N–H and O–H groups in total. The summed E-state index contributed by atoms with van der Waals surface area (Å²) in [6.07, 6.45) is 2.60. The van der Waals surface area contributed by atoms with Gasteiger partial charge in [0, 0.05) is 19.5 Å². The lowest BCUT2D eigenvalue weighted by molar-refractivity contribution is -0.123. The van der Waals surface area contributed by atoms with Crippen LogP contribution >= 0.6 is 0 Å². The Bertz CT molecular complexity index is 316. The molecule has 1 amide bonds. The third kappa shape index (κ3) is 3.01. The maximum absolute atomic E-state index is 13.4. The van der Waals surface area contributed by atoms with Gasteiger partial charge in [-0.25, -0.2) is 4.39 Å². The van der Waals surface area contributed by atoms with Gasteiger partial charge in [-0.05, 0) is 31.6 Å². The minimum atomic E-state index is -1.01. The average Bonchev–Trinajstić information content (AvgIpc) is 2.64. The zero-order valence-electron chi connectivity index (χ0n) is 10.9. The number of halogens is 1. The first-order chi connectivity index (χ1) is 8.39. The highest BCUT2D eigenvalue weighted by Gasteiger charge is 2.41. The summed E-state index contributed by atoms with van der Waals surface area (Å²) in [6.45, 7) is 2.76. The standard InChI is InChI=1S/C13H23FN2O2/c1-9-2-4-13(18,5-3-9)8-16-7-10(14)6-11(16)12(15)17/h9-11,18H,2-8H2,1H3,(H2,15,17)/t9?,10-,11+,13?/m1/s1. The first-order valence-corrected chi connectivity index (χ1v) is 6.79. The van der Waals surface area contributed by atoms with Crippen molar-refractivity contribution in [2.75, 3.05) is 13.1 Å². The monoisotopic (exact) mass is 258 g/mol. The Labute approximate surface area is 107 Å². The molecule has 0 spiro atoms. The molecule has 0 aromatic heterocycles. The second-order valence-corrected chi connectivity index (χ2v) is 6.09. The first-order valence-electron chi connectivity index (χ1n) is 6.79. The molecule has 0 aromatic carbocycles. The fourth-order valence-electron chi connectivity index (χ4n) is 3.15. The van der Waals surface area contributed by atoms with E-state index in [0.717, 1.165) is 25.7 Å². The maximum atomic E-state index is 13.4. The number of rotatable bonds is 3. The molecule has 2 atom stereocenters. The Morgan fingerprint density at radius 3 is 2.67 bits per heavy atom. The Hall–Kier alpha value is -0.680. The molecule has 1 saturated heterocycles. The van der Waals surface area contributed by atoms with Crippen molar-refractivity contribution in [3.8, 4) is 0 Å². The Balaban J connectivity index is 1.97. The lowest BCUT2D eigenvalue weighted by Crippen LogP contribution is -2.50. The fourth-order valence-corrected chi connectivity index (χ4v) is 3.15. The average molecular weight is 258 g/mol. The number of aliphatic hydroxyl groups is 1. The predicted octanol–water partition coefficient (Wildman–Crippen LogP) is 0.825. The number of nitrogens with two attached hydrogens (primary N) is 1. The Morgan fingerprint density at radius 1 is 1.50 bits per heavy atom. The number of carbonyl (C=O) groups excluding carboxylic acids is 1. The van der Waals surface area contributed by atoms with Crippen molar-refractivity contribution >= 4 is 5.91 Å². The summed E-state index contributed by atoms with van der Waals surface area (Å²) in [5.74, 6) is 0.160. The van der Waals surface area contributed by atoms with Crippen LogP contribution in [0.15, 0.2) is 0 Å². The molecule has 0 bridgehead atoms. The lowest BCUT2D eigenvalue weighted by Gasteiger charge is -2.38. The molecule has 2 rings (SSSR count). The van der Waals surface area contributed by atoms with Crippen molar-refractivity contribution < 1.29 is 14.3 Å². The lowest BCUT2D eigenvalue weighted by atomic mass is 9.79. The van der Waals surface area contributed by atoms with Crippen molar-refractivity contribution in [3.63, 3.8) is 0 Å². The smallest absolute Gasteiger partial charge is 0.234 e. The van der Waals surface area contributed by atoms with Gasteiger partial charge >= 0.3 is 0 Å². The molecule has 0 unspecified atom stereocenters. The number of hydrogen-bond donors (Lipinski definition) is 2. The van der Waals surface area contributed by atoms with E-state index in [1.54, 1.807) is 4.90 Å². The van der Waals surface area contributed by atoms with E-state index in [1.165, 1.54) is 0 Å². The third-order valence-electron chi connectivity index (χ3n) is 4.38. The number of hydrogen-bond acceptors (Lipinski definition) is 3. The van der Waals surface area contributed by atoms with Gasteiger partial charge in [-0.15, -0.1) is 0 Å². The number of carbonyl (C=O) groups is 1. The number of primary amides is 1. The summed E-state index contributed by atoms with van der Waals surface area (Å²) in [5, 5.41) is 10.5. The van der Waals surface area contributed by atoms with Crippen LogP contribution in [0, 0.1) is 5.92 Å². The summed E-state index contributed by atoms with van der Waals surface area (Å²) >= 11 is 0. The number of nitrogens with zero attached hydrogens (tertiary/aromatic N) is 1. The van der Waals surface area contributed by atoms with Crippen molar-refractivity contribution in [2.24, 2.45) is 11.7 Å². The topological polar surface area (TPSA) is 66.6 Å². The first kappa shape index (κ1) is 13.7. The van der Waals surface area contributed by atoms with Gasteiger partial charge < -0.3 is 10.8 Å². The molecule has 0 aromatic rings. The molecule has 1 heterocycles. The zero-order chi connectivity index (χ0) is 13.3. The second-order valence-electron chi connectivity index (χ2n) is 6.09. The van der Waals surface area contributed by atoms with E-state index in [0.29, 0.717) is 12.5 Å². The van der Waals surface area contributed by atoms with Gasteiger partial charge in [0.15, 0.2) is 0 Å². The number of likely N-dealkylation sites (tertiary alicyclic amines) is 1. The summed E-state index contributed by atoms with van der Waals surface area (Å²) in [5.41, 5.74) is 4.52. The molecule has 104 valence electrons. The summed E-state index contributed by atoms with van der Waals surface area (Å²) in [4.78, 5) is 13.0. The molecule has 0 radical (unpaired) electrons. The molecular formula is C13H23FN2O2. The highest BCUT2D eigenvalue weighted by Crippen LogP contribution is 2.34. The molecule has 4 nitrogen and oxygen atoms in total. The molecule has 18 heavy (non-hydrogen) atoms. The Morgan fingerprint density at radius 2 is 2.11 bits per heavy atom. The van der Waals surface area contributed by atoms with Crippen molar-refractivity contribution in [3.05, 3.63) is 0 Å². The van der Waals surface area contributed by atoms with Gasteiger partial charge in [-0.1, -0.05) is 6.92 Å². The van der Waals surface area contributed by atoms with Crippen LogP contribution in [0.25, 0.3) is 0 Å². The van der Waals surface area contributed by atoms with Crippen molar-refractivity contribution in [2.45, 2.75) is 56.8 Å². The highest BCUT2D eigenvalue weighted by molar-refractivity contribution is 5.80. The SMILES string of the molecule is CC1CCC(O)(CN2C[C@H](F)C[C@H]2C(N)=O)CC1. The minimum absolute atomic E-state index is 0.168. The van der Waals surface area contributed by atoms with Gasteiger partial charge in [-0.2, -0.15) is 0 Å². The van der Waals surface area contributed by atoms with Gasteiger partial charge in [0.05, 0.1) is 11.6 Å². The van der Waals surface area contributed by atoms with E-state index in [9.17, 15) is 14.3 Å². The van der Waals surface area contributed by atoms with E-state index >= 15 is 0 Å². The van der Waals surface area contributed by atoms with E-state index in [2.05, 4.69) is 6.92 Å². The van der Waals surface area contributed by atoms with Crippen LogP contribution in [-0.4, -0.2) is 46.8 Å². The van der Waals surface area contributed by atoms with E-state index in [4.69, 9.17) is 5.73 Å². The van der Waals surface area contributed by atoms with Crippen molar-refractivity contribution in [1.29, 1.82) is 0 Å². The number of β-amino-alcohol motifs (C(OH)–C–C–N with tert-alkyl or cyclic N) is 1. The number of alkyl halides is 1. The Kier molecular flexibility index (Phi) is 3.92. The molecule has 5 heteroatoms. The van der Waals surface area contributed by atoms with E-state index < -0.39 is 23.7 Å². The summed E-state index contributed by atoms with van der Waals surface area (Å²) in [6, 6.07) is -0.552. The van der Waals surface area contributed by atoms with Crippen LogP contribution in [0.1, 0.15) is 39.0 Å². The largest absolute Gasteiger partial charge is 0.389 e. The maximum Gasteiger partial charge on any atom is 0.234 e. The van der Waals surface area contributed by atoms with Gasteiger partial charge in [0.1, 0.15) is 6.17 Å². The molecule has 1 aliphatic heterocycles. The van der Waals surface area contributed by atoms with Crippen LogP contribution in [0.2, 0.25) is 0 Å². The molecular weight excluding hydrogens is 235 g/mol.